The number of methoxy groups -OCH3 is 1. The molecule has 0 saturated carbocycles. The van der Waals surface area contributed by atoms with Gasteiger partial charge in [-0.15, -0.1) is 0 Å². The Morgan fingerprint density at radius 3 is 2.68 bits per heavy atom. The van der Waals surface area contributed by atoms with Crippen molar-refractivity contribution in [2.24, 2.45) is 0 Å². The predicted molar refractivity (Wildman–Crippen MR) is 105 cm³/mol. The average Bonchev–Trinajstić information content (AvgIpc) is 2.70. The lowest BCUT2D eigenvalue weighted by Crippen LogP contribution is -2.35. The summed E-state index contributed by atoms with van der Waals surface area (Å²) in [6.45, 7) is 1.31. The summed E-state index contributed by atoms with van der Waals surface area (Å²) in [4.78, 5) is 14.6. The van der Waals surface area contributed by atoms with Crippen molar-refractivity contribution in [2.45, 2.75) is 24.2 Å². The van der Waals surface area contributed by atoms with E-state index in [2.05, 4.69) is 4.72 Å². The first kappa shape index (κ1) is 20.4. The van der Waals surface area contributed by atoms with Crippen molar-refractivity contribution >= 4 is 21.6 Å². The molecule has 28 heavy (non-hydrogen) atoms. The molecule has 2 aromatic carbocycles. The van der Waals surface area contributed by atoms with E-state index in [1.54, 1.807) is 24.1 Å². The minimum Gasteiger partial charge on any atom is -0.385 e. The van der Waals surface area contributed by atoms with Gasteiger partial charge in [-0.1, -0.05) is 0 Å². The Bertz CT molecular complexity index is 945. The highest BCUT2D eigenvalue weighted by atomic mass is 32.2. The standard InChI is InChI=1S/C20H23FN2O4S/c1-27-13-3-11-22-28(25,26)18-9-10-19-16(14-18)4-2-12-23(19)20(24)15-5-7-17(21)8-6-15/h5-10,14,22H,2-4,11-13H2,1H3. The number of carbonyl (C=O) groups excluding carboxylic acids is 1. The fraction of sp³-hybridized carbons (Fsp3) is 0.350. The second-order valence-corrected chi connectivity index (χ2v) is 8.37. The molecule has 0 atom stereocenters. The molecule has 1 N–H and O–H groups in total. The van der Waals surface area contributed by atoms with Gasteiger partial charge in [-0.25, -0.2) is 17.5 Å². The molecule has 0 spiro atoms. The van der Waals surface area contributed by atoms with Crippen LogP contribution < -0.4 is 9.62 Å². The first-order valence-electron chi connectivity index (χ1n) is 9.11. The van der Waals surface area contributed by atoms with Crippen molar-refractivity contribution in [2.75, 3.05) is 31.7 Å². The number of nitrogens with one attached hydrogen (secondary N) is 1. The number of carbonyl (C=O) groups is 1. The lowest BCUT2D eigenvalue weighted by molar-refractivity contribution is 0.0985. The molecule has 1 aliphatic heterocycles. The molecule has 0 bridgehead atoms. The topological polar surface area (TPSA) is 75.7 Å². The molecule has 1 heterocycles. The monoisotopic (exact) mass is 406 g/mol. The maximum Gasteiger partial charge on any atom is 0.258 e. The lowest BCUT2D eigenvalue weighted by atomic mass is 10.0. The second kappa shape index (κ2) is 8.81. The third-order valence-corrected chi connectivity index (χ3v) is 6.09. The molecule has 0 aliphatic carbocycles. The van der Waals surface area contributed by atoms with E-state index < -0.39 is 15.8 Å². The summed E-state index contributed by atoms with van der Waals surface area (Å²) in [5.74, 6) is -0.627. The van der Waals surface area contributed by atoms with Crippen LogP contribution in [0, 0.1) is 5.82 Å². The van der Waals surface area contributed by atoms with Gasteiger partial charge in [-0.2, -0.15) is 0 Å². The van der Waals surface area contributed by atoms with Gasteiger partial charge in [0.25, 0.3) is 5.91 Å². The molecule has 6 nitrogen and oxygen atoms in total. The Morgan fingerprint density at radius 1 is 1.21 bits per heavy atom. The zero-order valence-corrected chi connectivity index (χ0v) is 16.5. The number of hydrogen-bond donors (Lipinski definition) is 1. The summed E-state index contributed by atoms with van der Waals surface area (Å²) < 4.78 is 45.6. The average molecular weight is 406 g/mol. The molecule has 0 aromatic heterocycles. The van der Waals surface area contributed by atoms with Crippen molar-refractivity contribution < 1.29 is 22.3 Å². The van der Waals surface area contributed by atoms with Crippen LogP contribution in [0.15, 0.2) is 47.4 Å². The van der Waals surface area contributed by atoms with E-state index in [9.17, 15) is 17.6 Å². The molecule has 3 rings (SSSR count). The number of benzene rings is 2. The predicted octanol–water partition coefficient (Wildman–Crippen LogP) is 2.73. The van der Waals surface area contributed by atoms with Gasteiger partial charge in [0.15, 0.2) is 0 Å². The first-order valence-corrected chi connectivity index (χ1v) is 10.6. The van der Waals surface area contributed by atoms with E-state index in [1.807, 2.05) is 0 Å². The minimum absolute atomic E-state index is 0.180. The van der Waals surface area contributed by atoms with Crippen molar-refractivity contribution in [3.8, 4) is 0 Å². The molecule has 0 saturated heterocycles. The smallest absolute Gasteiger partial charge is 0.258 e. The van der Waals surface area contributed by atoms with Crippen LogP contribution in [0.4, 0.5) is 10.1 Å². The molecule has 2 aromatic rings. The van der Waals surface area contributed by atoms with Crippen molar-refractivity contribution in [1.29, 1.82) is 0 Å². The highest BCUT2D eigenvalue weighted by Gasteiger charge is 2.25. The number of amides is 1. The van der Waals surface area contributed by atoms with Gasteiger partial charge in [-0.05, 0) is 67.3 Å². The largest absolute Gasteiger partial charge is 0.385 e. The Balaban J connectivity index is 1.81. The highest BCUT2D eigenvalue weighted by molar-refractivity contribution is 7.89. The van der Waals surface area contributed by atoms with Gasteiger partial charge in [0, 0.05) is 38.1 Å². The van der Waals surface area contributed by atoms with Gasteiger partial charge in [0.2, 0.25) is 10.0 Å². The van der Waals surface area contributed by atoms with Gasteiger partial charge in [-0.3, -0.25) is 4.79 Å². The fourth-order valence-electron chi connectivity index (χ4n) is 3.21. The number of rotatable bonds is 7. The minimum atomic E-state index is -3.62. The summed E-state index contributed by atoms with van der Waals surface area (Å²) in [7, 11) is -2.05. The summed E-state index contributed by atoms with van der Waals surface area (Å²) in [6.07, 6.45) is 2.00. The van der Waals surface area contributed by atoms with Crippen LogP contribution in [0.3, 0.4) is 0 Å². The van der Waals surface area contributed by atoms with E-state index >= 15 is 0 Å². The van der Waals surface area contributed by atoms with Crippen LogP contribution in [0.5, 0.6) is 0 Å². The zero-order valence-electron chi connectivity index (χ0n) is 15.7. The summed E-state index contributed by atoms with van der Waals surface area (Å²) in [5.41, 5.74) is 1.89. The van der Waals surface area contributed by atoms with Gasteiger partial charge in [0.1, 0.15) is 5.82 Å². The van der Waals surface area contributed by atoms with Gasteiger partial charge in [0.05, 0.1) is 4.90 Å². The number of aryl methyl sites for hydroxylation is 1. The van der Waals surface area contributed by atoms with Crippen LogP contribution in [-0.2, 0) is 21.2 Å². The van der Waals surface area contributed by atoms with E-state index in [0.29, 0.717) is 43.8 Å². The Labute approximate surface area is 164 Å². The number of nitrogens with zero attached hydrogens (tertiary/aromatic N) is 1. The van der Waals surface area contributed by atoms with Gasteiger partial charge >= 0.3 is 0 Å². The molecule has 0 fully saturated rings. The van der Waals surface area contributed by atoms with Crippen LogP contribution in [0.25, 0.3) is 0 Å². The normalized spacial score (nSPS) is 14.0. The maximum absolute atomic E-state index is 13.1. The van der Waals surface area contributed by atoms with Crippen LogP contribution in [-0.4, -0.2) is 41.1 Å². The second-order valence-electron chi connectivity index (χ2n) is 6.60. The fourth-order valence-corrected chi connectivity index (χ4v) is 4.33. The lowest BCUT2D eigenvalue weighted by Gasteiger charge is -2.30. The molecule has 1 aliphatic rings. The third kappa shape index (κ3) is 4.57. The van der Waals surface area contributed by atoms with Crippen LogP contribution >= 0.6 is 0 Å². The number of halogens is 1. The van der Waals surface area contributed by atoms with Crippen molar-refractivity contribution in [1.82, 2.24) is 4.72 Å². The first-order chi connectivity index (χ1) is 13.4. The Hall–Kier alpha value is -2.29. The Morgan fingerprint density at radius 2 is 1.96 bits per heavy atom. The zero-order chi connectivity index (χ0) is 20.1. The Kier molecular flexibility index (Phi) is 6.43. The molecule has 150 valence electrons. The van der Waals surface area contributed by atoms with Gasteiger partial charge < -0.3 is 9.64 Å². The molecule has 0 radical (unpaired) electrons. The summed E-state index contributed by atoms with van der Waals surface area (Å²) in [6, 6.07) is 10.2. The number of ether oxygens (including phenoxy) is 1. The molecule has 8 heteroatoms. The molecule has 1 amide bonds. The number of fused-ring (bicyclic) bond motifs is 1. The van der Waals surface area contributed by atoms with E-state index in [1.165, 1.54) is 30.3 Å². The van der Waals surface area contributed by atoms with Crippen LogP contribution in [0.1, 0.15) is 28.8 Å². The summed E-state index contributed by atoms with van der Waals surface area (Å²) >= 11 is 0. The van der Waals surface area contributed by atoms with Crippen molar-refractivity contribution in [3.63, 3.8) is 0 Å². The number of anilines is 1. The molecule has 0 unspecified atom stereocenters. The van der Waals surface area contributed by atoms with E-state index in [-0.39, 0.29) is 10.8 Å². The number of hydrogen-bond acceptors (Lipinski definition) is 4. The quantitative estimate of drug-likeness (QED) is 0.718. The maximum atomic E-state index is 13.1. The van der Waals surface area contributed by atoms with E-state index in [4.69, 9.17) is 4.74 Å². The highest BCUT2D eigenvalue weighted by Crippen LogP contribution is 2.30. The summed E-state index contributed by atoms with van der Waals surface area (Å²) in [5, 5.41) is 0. The molecular formula is C20H23FN2O4S. The van der Waals surface area contributed by atoms with Crippen molar-refractivity contribution in [3.05, 3.63) is 59.4 Å². The van der Waals surface area contributed by atoms with E-state index in [0.717, 1.165) is 12.0 Å². The molecular weight excluding hydrogens is 383 g/mol. The SMILES string of the molecule is COCCCNS(=O)(=O)c1ccc2c(c1)CCCN2C(=O)c1ccc(F)cc1. The van der Waals surface area contributed by atoms with Crippen LogP contribution in [0.2, 0.25) is 0 Å². The number of sulfonamides is 1. The third-order valence-electron chi connectivity index (χ3n) is 4.63.